The first-order valence-corrected chi connectivity index (χ1v) is 7.35. The second kappa shape index (κ2) is 6.21. The lowest BCUT2D eigenvalue weighted by Crippen LogP contribution is -2.26. The molecule has 0 aliphatic carbocycles. The molecule has 1 fully saturated rings. The Hall–Kier alpha value is -1.63. The van der Waals surface area contributed by atoms with Crippen molar-refractivity contribution < 1.29 is 14.3 Å². The van der Waals surface area contributed by atoms with Crippen LogP contribution < -0.4 is 10.2 Å². The summed E-state index contributed by atoms with van der Waals surface area (Å²) in [4.78, 5) is 29.5. The maximum Gasteiger partial charge on any atom is 0.339 e. The molecule has 2 heterocycles. The number of carbonyl (C=O) groups excluding carboxylic acids is 2. The highest BCUT2D eigenvalue weighted by atomic mass is 79.9. The van der Waals surface area contributed by atoms with Crippen molar-refractivity contribution in [3.8, 4) is 0 Å². The van der Waals surface area contributed by atoms with Crippen LogP contribution in [-0.4, -0.2) is 42.9 Å². The molecule has 20 heavy (non-hydrogen) atoms. The molecule has 1 aliphatic heterocycles. The first kappa shape index (κ1) is 14.8. The molecule has 1 N–H and O–H groups in total. The largest absolute Gasteiger partial charge is 0.465 e. The van der Waals surface area contributed by atoms with E-state index in [4.69, 9.17) is 0 Å². The third-order valence-corrected chi connectivity index (χ3v) is 4.16. The normalized spacial score (nSPS) is 18.2. The van der Waals surface area contributed by atoms with Crippen molar-refractivity contribution >= 4 is 39.3 Å². The number of esters is 1. The van der Waals surface area contributed by atoms with Gasteiger partial charge in [0.05, 0.1) is 18.4 Å². The molecule has 0 saturated carbocycles. The number of ether oxygens (including phenoxy) is 1. The molecule has 1 unspecified atom stereocenters. The third kappa shape index (κ3) is 2.77. The van der Waals surface area contributed by atoms with Crippen LogP contribution in [0.3, 0.4) is 0 Å². The van der Waals surface area contributed by atoms with Crippen LogP contribution in [0.15, 0.2) is 12.3 Å². The van der Waals surface area contributed by atoms with Crippen LogP contribution in [0.25, 0.3) is 0 Å². The van der Waals surface area contributed by atoms with E-state index in [9.17, 15) is 9.59 Å². The number of nitrogens with zero attached hydrogens (tertiary/aromatic N) is 2. The van der Waals surface area contributed by atoms with Gasteiger partial charge in [-0.1, -0.05) is 15.9 Å². The lowest BCUT2D eigenvalue weighted by atomic mass is 10.2. The Labute approximate surface area is 125 Å². The predicted molar refractivity (Wildman–Crippen MR) is 79.4 cm³/mol. The minimum absolute atomic E-state index is 0.0368. The first-order valence-electron chi connectivity index (χ1n) is 6.23. The Balaban J connectivity index is 2.38. The van der Waals surface area contributed by atoms with Crippen molar-refractivity contribution in [2.45, 2.75) is 6.42 Å². The van der Waals surface area contributed by atoms with Crippen molar-refractivity contribution in [2.75, 3.05) is 36.2 Å². The zero-order valence-corrected chi connectivity index (χ0v) is 12.9. The standard InChI is InChI=1S/C13H16BrN3O3/c1-15-12-10(4-9(6-16-12)13(19)20-2)17-7-8(5-14)3-11(17)18/h4,6,8H,3,5,7H2,1-2H3,(H,15,16). The van der Waals surface area contributed by atoms with E-state index in [1.165, 1.54) is 13.3 Å². The van der Waals surface area contributed by atoms with Crippen LogP contribution in [0, 0.1) is 5.92 Å². The van der Waals surface area contributed by atoms with Gasteiger partial charge in [-0.15, -0.1) is 0 Å². The molecule has 1 aliphatic rings. The highest BCUT2D eigenvalue weighted by Gasteiger charge is 2.31. The first-order chi connectivity index (χ1) is 9.60. The van der Waals surface area contributed by atoms with E-state index in [-0.39, 0.29) is 11.8 Å². The number of carbonyl (C=O) groups is 2. The van der Waals surface area contributed by atoms with Gasteiger partial charge in [0.2, 0.25) is 5.91 Å². The Morgan fingerprint density at radius 1 is 1.65 bits per heavy atom. The molecular weight excluding hydrogens is 326 g/mol. The number of hydrogen-bond donors (Lipinski definition) is 1. The second-order valence-corrected chi connectivity index (χ2v) is 5.21. The minimum atomic E-state index is -0.468. The number of pyridine rings is 1. The molecule has 1 saturated heterocycles. The van der Waals surface area contributed by atoms with Crippen molar-refractivity contribution in [3.05, 3.63) is 17.8 Å². The number of rotatable bonds is 4. The molecule has 2 rings (SSSR count). The smallest absolute Gasteiger partial charge is 0.339 e. The number of methoxy groups -OCH3 is 1. The van der Waals surface area contributed by atoms with E-state index >= 15 is 0 Å². The Morgan fingerprint density at radius 2 is 2.40 bits per heavy atom. The summed E-state index contributed by atoms with van der Waals surface area (Å²) in [6.45, 7) is 0.616. The number of anilines is 2. The molecule has 0 spiro atoms. The quantitative estimate of drug-likeness (QED) is 0.666. The SMILES string of the molecule is CNc1ncc(C(=O)OC)cc1N1CC(CBr)CC1=O. The fourth-order valence-electron chi connectivity index (χ4n) is 2.20. The van der Waals surface area contributed by atoms with Gasteiger partial charge >= 0.3 is 5.97 Å². The second-order valence-electron chi connectivity index (χ2n) is 4.56. The van der Waals surface area contributed by atoms with E-state index in [1.54, 1.807) is 18.0 Å². The van der Waals surface area contributed by atoms with Gasteiger partial charge in [0.1, 0.15) is 5.82 Å². The summed E-state index contributed by atoms with van der Waals surface area (Å²) < 4.78 is 4.69. The molecule has 0 radical (unpaired) electrons. The minimum Gasteiger partial charge on any atom is -0.465 e. The van der Waals surface area contributed by atoms with Gasteiger partial charge < -0.3 is 15.0 Å². The van der Waals surface area contributed by atoms with Crippen LogP contribution >= 0.6 is 15.9 Å². The molecular formula is C13H16BrN3O3. The zero-order chi connectivity index (χ0) is 14.7. The molecule has 1 aromatic rings. The molecule has 108 valence electrons. The van der Waals surface area contributed by atoms with E-state index in [0.29, 0.717) is 30.0 Å². The number of alkyl halides is 1. The van der Waals surface area contributed by atoms with Crippen LogP contribution in [0.2, 0.25) is 0 Å². The Kier molecular flexibility index (Phi) is 4.59. The summed E-state index contributed by atoms with van der Waals surface area (Å²) in [7, 11) is 3.04. The molecule has 1 amide bonds. The highest BCUT2D eigenvalue weighted by Crippen LogP contribution is 2.31. The van der Waals surface area contributed by atoms with Crippen molar-refractivity contribution in [1.82, 2.24) is 4.98 Å². The summed E-state index contributed by atoms with van der Waals surface area (Å²) in [6.07, 6.45) is 1.93. The summed E-state index contributed by atoms with van der Waals surface area (Å²) >= 11 is 3.40. The average Bonchev–Trinajstić information content (AvgIpc) is 2.86. The van der Waals surface area contributed by atoms with Crippen molar-refractivity contribution in [1.29, 1.82) is 0 Å². The summed E-state index contributed by atoms with van der Waals surface area (Å²) in [5.74, 6) is 0.412. The number of halogens is 1. The monoisotopic (exact) mass is 341 g/mol. The van der Waals surface area contributed by atoms with Crippen LogP contribution in [0.4, 0.5) is 11.5 Å². The van der Waals surface area contributed by atoms with Crippen molar-refractivity contribution in [2.24, 2.45) is 5.92 Å². The van der Waals surface area contributed by atoms with Gasteiger partial charge in [0.25, 0.3) is 0 Å². The van der Waals surface area contributed by atoms with E-state index in [1.807, 2.05) is 0 Å². The average molecular weight is 342 g/mol. The fraction of sp³-hybridized carbons (Fsp3) is 0.462. The zero-order valence-electron chi connectivity index (χ0n) is 11.4. The lowest BCUT2D eigenvalue weighted by molar-refractivity contribution is -0.117. The lowest BCUT2D eigenvalue weighted by Gasteiger charge is -2.20. The topological polar surface area (TPSA) is 71.5 Å². The third-order valence-electron chi connectivity index (χ3n) is 3.24. The maximum absolute atomic E-state index is 12.1. The highest BCUT2D eigenvalue weighted by molar-refractivity contribution is 9.09. The number of nitrogens with one attached hydrogen (secondary N) is 1. The van der Waals surface area contributed by atoms with Gasteiger partial charge in [0, 0.05) is 31.5 Å². The number of aromatic nitrogens is 1. The van der Waals surface area contributed by atoms with Crippen molar-refractivity contribution in [3.63, 3.8) is 0 Å². The molecule has 1 atom stereocenters. The fourth-order valence-corrected chi connectivity index (χ4v) is 2.63. The van der Waals surface area contributed by atoms with Crippen LogP contribution in [0.5, 0.6) is 0 Å². The van der Waals surface area contributed by atoms with E-state index in [0.717, 1.165) is 5.33 Å². The summed E-state index contributed by atoms with van der Waals surface area (Å²) in [5, 5.41) is 3.71. The predicted octanol–water partition coefficient (Wildman–Crippen LogP) is 1.66. The molecule has 0 bridgehead atoms. The molecule has 7 heteroatoms. The van der Waals surface area contributed by atoms with Gasteiger partial charge in [-0.3, -0.25) is 4.79 Å². The maximum atomic E-state index is 12.1. The van der Waals surface area contributed by atoms with Crippen LogP contribution in [0.1, 0.15) is 16.8 Å². The number of hydrogen-bond acceptors (Lipinski definition) is 5. The van der Waals surface area contributed by atoms with E-state index < -0.39 is 5.97 Å². The summed E-state index contributed by atoms with van der Waals surface area (Å²) in [5.41, 5.74) is 0.945. The Bertz CT molecular complexity index is 536. The summed E-state index contributed by atoms with van der Waals surface area (Å²) in [6, 6.07) is 1.64. The number of amides is 1. The van der Waals surface area contributed by atoms with E-state index in [2.05, 4.69) is 31.0 Å². The molecule has 1 aromatic heterocycles. The molecule has 0 aromatic carbocycles. The van der Waals surface area contributed by atoms with Gasteiger partial charge in [-0.25, -0.2) is 9.78 Å². The van der Waals surface area contributed by atoms with Crippen LogP contribution in [-0.2, 0) is 9.53 Å². The van der Waals surface area contributed by atoms with Gasteiger partial charge in [-0.2, -0.15) is 0 Å². The van der Waals surface area contributed by atoms with Gasteiger partial charge in [-0.05, 0) is 12.0 Å². The Morgan fingerprint density at radius 3 is 2.95 bits per heavy atom. The van der Waals surface area contributed by atoms with Gasteiger partial charge in [0.15, 0.2) is 0 Å². The molecule has 6 nitrogen and oxygen atoms in total.